The molecule has 1 aromatic carbocycles. The van der Waals surface area contributed by atoms with Gasteiger partial charge in [0, 0.05) is 12.6 Å². The molecule has 3 heteroatoms. The Kier molecular flexibility index (Phi) is 3.63. The summed E-state index contributed by atoms with van der Waals surface area (Å²) in [5.41, 5.74) is 0.467. The lowest BCUT2D eigenvalue weighted by Crippen LogP contribution is -2.25. The van der Waals surface area contributed by atoms with Gasteiger partial charge in [-0.25, -0.2) is 4.39 Å². The molecule has 0 fully saturated rings. The monoisotopic (exact) mass is 195 g/mol. The van der Waals surface area contributed by atoms with Crippen LogP contribution < -0.4 is 5.32 Å². The standard InChI is InChI=1S/C11H14FNO/c1-3-8(11(14)13-2)9-6-4-5-7-10(9)12/h4-8H,3H2,1-2H3,(H,13,14). The molecule has 14 heavy (non-hydrogen) atoms. The third-order valence-corrected chi connectivity index (χ3v) is 2.25. The molecule has 0 aromatic heterocycles. The van der Waals surface area contributed by atoms with Gasteiger partial charge < -0.3 is 5.32 Å². The number of nitrogens with one attached hydrogen (secondary N) is 1. The quantitative estimate of drug-likeness (QED) is 0.786. The topological polar surface area (TPSA) is 29.1 Å². The SMILES string of the molecule is CCC(C(=O)NC)c1ccccc1F. The first-order chi connectivity index (χ1) is 6.70. The lowest BCUT2D eigenvalue weighted by Gasteiger charge is -2.13. The van der Waals surface area contributed by atoms with E-state index in [1.165, 1.54) is 6.07 Å². The van der Waals surface area contributed by atoms with Crippen molar-refractivity contribution < 1.29 is 9.18 Å². The highest BCUT2D eigenvalue weighted by molar-refractivity contribution is 5.83. The van der Waals surface area contributed by atoms with Gasteiger partial charge in [0.25, 0.3) is 0 Å². The zero-order chi connectivity index (χ0) is 10.6. The molecule has 1 aromatic rings. The van der Waals surface area contributed by atoms with Crippen LogP contribution in [0.15, 0.2) is 24.3 Å². The van der Waals surface area contributed by atoms with Crippen LogP contribution in [0.2, 0.25) is 0 Å². The molecule has 0 aliphatic rings. The second-order valence-corrected chi connectivity index (χ2v) is 3.10. The highest BCUT2D eigenvalue weighted by Crippen LogP contribution is 2.22. The Balaban J connectivity index is 3.01. The van der Waals surface area contributed by atoms with E-state index in [2.05, 4.69) is 5.32 Å². The van der Waals surface area contributed by atoms with Gasteiger partial charge in [-0.15, -0.1) is 0 Å². The van der Waals surface area contributed by atoms with Crippen molar-refractivity contribution >= 4 is 5.91 Å². The van der Waals surface area contributed by atoms with Crippen molar-refractivity contribution in [2.24, 2.45) is 0 Å². The van der Waals surface area contributed by atoms with Crippen molar-refractivity contribution in [3.63, 3.8) is 0 Å². The first-order valence-corrected chi connectivity index (χ1v) is 4.66. The highest BCUT2D eigenvalue weighted by atomic mass is 19.1. The van der Waals surface area contributed by atoms with E-state index < -0.39 is 0 Å². The molecule has 0 spiro atoms. The number of carbonyl (C=O) groups is 1. The summed E-state index contributed by atoms with van der Waals surface area (Å²) >= 11 is 0. The third-order valence-electron chi connectivity index (χ3n) is 2.25. The van der Waals surface area contributed by atoms with E-state index in [9.17, 15) is 9.18 Å². The molecule has 0 radical (unpaired) electrons. The van der Waals surface area contributed by atoms with E-state index in [0.717, 1.165) is 0 Å². The molecule has 1 amide bonds. The van der Waals surface area contributed by atoms with E-state index in [1.54, 1.807) is 25.2 Å². The van der Waals surface area contributed by atoms with Gasteiger partial charge in [-0.3, -0.25) is 4.79 Å². The average molecular weight is 195 g/mol. The van der Waals surface area contributed by atoms with Crippen molar-refractivity contribution in [3.05, 3.63) is 35.6 Å². The van der Waals surface area contributed by atoms with Gasteiger partial charge in [-0.05, 0) is 12.5 Å². The molecule has 0 heterocycles. The number of benzene rings is 1. The van der Waals surface area contributed by atoms with Crippen LogP contribution in [0.5, 0.6) is 0 Å². The zero-order valence-electron chi connectivity index (χ0n) is 8.38. The fourth-order valence-corrected chi connectivity index (χ4v) is 1.48. The molecule has 0 saturated carbocycles. The molecule has 1 atom stereocenters. The van der Waals surface area contributed by atoms with Crippen molar-refractivity contribution in [2.75, 3.05) is 7.05 Å². The summed E-state index contributed by atoms with van der Waals surface area (Å²) < 4.78 is 13.3. The fourth-order valence-electron chi connectivity index (χ4n) is 1.48. The van der Waals surface area contributed by atoms with Gasteiger partial charge in [0.1, 0.15) is 5.82 Å². The molecule has 0 aliphatic heterocycles. The number of carbonyl (C=O) groups excluding carboxylic acids is 1. The van der Waals surface area contributed by atoms with Crippen LogP contribution in [0.4, 0.5) is 4.39 Å². The number of hydrogen-bond acceptors (Lipinski definition) is 1. The van der Waals surface area contributed by atoms with Gasteiger partial charge >= 0.3 is 0 Å². The number of rotatable bonds is 3. The normalized spacial score (nSPS) is 12.2. The summed E-state index contributed by atoms with van der Waals surface area (Å²) in [6, 6.07) is 6.39. The van der Waals surface area contributed by atoms with Gasteiger partial charge in [0.2, 0.25) is 5.91 Å². The van der Waals surface area contributed by atoms with E-state index in [1.807, 2.05) is 6.92 Å². The molecule has 2 nitrogen and oxygen atoms in total. The molecule has 1 N–H and O–H groups in total. The minimum Gasteiger partial charge on any atom is -0.359 e. The maximum Gasteiger partial charge on any atom is 0.227 e. The fraction of sp³-hybridized carbons (Fsp3) is 0.364. The molecule has 0 aliphatic carbocycles. The highest BCUT2D eigenvalue weighted by Gasteiger charge is 2.19. The molecule has 76 valence electrons. The number of halogens is 1. The number of hydrogen-bond donors (Lipinski definition) is 1. The van der Waals surface area contributed by atoms with Crippen LogP contribution >= 0.6 is 0 Å². The van der Waals surface area contributed by atoms with Crippen molar-refractivity contribution in [1.29, 1.82) is 0 Å². The number of likely N-dealkylation sites (N-methyl/N-ethyl adjacent to an activating group) is 1. The lowest BCUT2D eigenvalue weighted by molar-refractivity contribution is -0.122. The minimum atomic E-state index is -0.388. The van der Waals surface area contributed by atoms with E-state index in [4.69, 9.17) is 0 Å². The molecule has 0 saturated heterocycles. The average Bonchev–Trinajstić information content (AvgIpc) is 2.21. The Morgan fingerprint density at radius 2 is 2.14 bits per heavy atom. The van der Waals surface area contributed by atoms with E-state index in [-0.39, 0.29) is 17.6 Å². The Morgan fingerprint density at radius 3 is 2.64 bits per heavy atom. The summed E-state index contributed by atoms with van der Waals surface area (Å²) in [7, 11) is 1.56. The molecule has 1 rings (SSSR count). The Labute approximate surface area is 83.1 Å². The first-order valence-electron chi connectivity index (χ1n) is 4.66. The Bertz CT molecular complexity index is 325. The van der Waals surface area contributed by atoms with Crippen LogP contribution in [-0.2, 0) is 4.79 Å². The molecule has 1 unspecified atom stereocenters. The summed E-state index contributed by atoms with van der Waals surface area (Å²) in [6.45, 7) is 1.87. The van der Waals surface area contributed by atoms with E-state index >= 15 is 0 Å². The largest absolute Gasteiger partial charge is 0.359 e. The van der Waals surface area contributed by atoms with Crippen molar-refractivity contribution in [3.8, 4) is 0 Å². The Morgan fingerprint density at radius 1 is 1.50 bits per heavy atom. The van der Waals surface area contributed by atoms with Crippen LogP contribution in [-0.4, -0.2) is 13.0 Å². The van der Waals surface area contributed by atoms with Gasteiger partial charge in [0.05, 0.1) is 5.92 Å². The van der Waals surface area contributed by atoms with Crippen LogP contribution in [0.1, 0.15) is 24.8 Å². The van der Waals surface area contributed by atoms with Crippen LogP contribution in [0.3, 0.4) is 0 Å². The molecular formula is C11H14FNO. The van der Waals surface area contributed by atoms with Gasteiger partial charge in [-0.2, -0.15) is 0 Å². The Hall–Kier alpha value is -1.38. The minimum absolute atomic E-state index is 0.141. The maximum atomic E-state index is 13.3. The third kappa shape index (κ3) is 2.10. The summed E-state index contributed by atoms with van der Waals surface area (Å²) in [5.74, 6) is -0.846. The van der Waals surface area contributed by atoms with Crippen LogP contribution in [0.25, 0.3) is 0 Å². The first kappa shape index (κ1) is 10.7. The molecular weight excluding hydrogens is 181 g/mol. The summed E-state index contributed by atoms with van der Waals surface area (Å²) in [5, 5.41) is 2.54. The zero-order valence-corrected chi connectivity index (χ0v) is 8.38. The number of amides is 1. The van der Waals surface area contributed by atoms with Crippen molar-refractivity contribution in [1.82, 2.24) is 5.32 Å². The van der Waals surface area contributed by atoms with Crippen molar-refractivity contribution in [2.45, 2.75) is 19.3 Å². The van der Waals surface area contributed by atoms with Gasteiger partial charge in [0.15, 0.2) is 0 Å². The maximum absolute atomic E-state index is 13.3. The summed E-state index contributed by atoms with van der Waals surface area (Å²) in [6.07, 6.45) is 0.598. The smallest absolute Gasteiger partial charge is 0.227 e. The van der Waals surface area contributed by atoms with Crippen LogP contribution in [0, 0.1) is 5.82 Å². The predicted octanol–water partition coefficient (Wildman–Crippen LogP) is 2.07. The van der Waals surface area contributed by atoms with E-state index in [0.29, 0.717) is 12.0 Å². The second-order valence-electron chi connectivity index (χ2n) is 3.10. The molecule has 0 bridgehead atoms. The second kappa shape index (κ2) is 4.74. The predicted molar refractivity (Wildman–Crippen MR) is 53.5 cm³/mol. The summed E-state index contributed by atoms with van der Waals surface area (Å²) in [4.78, 5) is 11.4. The van der Waals surface area contributed by atoms with Gasteiger partial charge in [-0.1, -0.05) is 25.1 Å². The lowest BCUT2D eigenvalue weighted by atomic mass is 9.95.